The molecule has 154 valence electrons. The van der Waals surface area contributed by atoms with Crippen molar-refractivity contribution < 1.29 is 18.3 Å². The van der Waals surface area contributed by atoms with Crippen LogP contribution in [0.5, 0.6) is 0 Å². The first-order valence-corrected chi connectivity index (χ1v) is 10.8. The number of Topliss-reactive ketones (excluding diaryl/α,β-unsaturated/α-hetero) is 1. The largest absolute Gasteiger partial charge is 0.349 e. The van der Waals surface area contributed by atoms with E-state index < -0.39 is 34.8 Å². The fourth-order valence-electron chi connectivity index (χ4n) is 3.99. The molecule has 2 aliphatic heterocycles. The highest BCUT2D eigenvalue weighted by atomic mass is 79.9. The summed E-state index contributed by atoms with van der Waals surface area (Å²) >= 11 is 4.53. The number of thioether (sulfide) groups is 1. The summed E-state index contributed by atoms with van der Waals surface area (Å²) in [6, 6.07) is 7.97. The summed E-state index contributed by atoms with van der Waals surface area (Å²) in [5.41, 5.74) is 1.82. The zero-order chi connectivity index (χ0) is 21.6. The molecule has 0 aromatic heterocycles. The van der Waals surface area contributed by atoms with Crippen molar-refractivity contribution in [1.29, 1.82) is 5.26 Å². The highest BCUT2D eigenvalue weighted by Gasteiger charge is 2.52. The first-order chi connectivity index (χ1) is 14.3. The number of ketones is 1. The number of aliphatic imine (C=N–C) groups is 1. The molecule has 1 aliphatic carbocycles. The topological polar surface area (TPSA) is 65.7 Å². The van der Waals surface area contributed by atoms with Gasteiger partial charge in [0.15, 0.2) is 17.6 Å². The first-order valence-electron chi connectivity index (χ1n) is 9.02. The summed E-state index contributed by atoms with van der Waals surface area (Å²) < 4.78 is 34.5. The molecule has 0 fully saturated rings. The SMILES string of the molecule is CC(=O)C1OC2C(F)=CC(Br)=CC2=C1N(C)C1(c2ccc(F)cc2)N=CSC1C#N. The van der Waals surface area contributed by atoms with Crippen molar-refractivity contribution in [1.82, 2.24) is 4.90 Å². The van der Waals surface area contributed by atoms with Crippen LogP contribution in [0.25, 0.3) is 0 Å². The Kier molecular flexibility index (Phi) is 5.43. The number of carbonyl (C=O) groups excluding carboxylic acids is 1. The molecule has 5 nitrogen and oxygen atoms in total. The van der Waals surface area contributed by atoms with Crippen molar-refractivity contribution in [3.05, 3.63) is 69.4 Å². The molecule has 1 aromatic rings. The van der Waals surface area contributed by atoms with E-state index in [4.69, 9.17) is 4.74 Å². The van der Waals surface area contributed by atoms with E-state index in [9.17, 15) is 18.8 Å². The van der Waals surface area contributed by atoms with Gasteiger partial charge in [0, 0.05) is 22.7 Å². The predicted molar refractivity (Wildman–Crippen MR) is 114 cm³/mol. The van der Waals surface area contributed by atoms with Gasteiger partial charge in [-0.1, -0.05) is 39.8 Å². The summed E-state index contributed by atoms with van der Waals surface area (Å²) in [6.45, 7) is 1.37. The lowest BCUT2D eigenvalue weighted by Crippen LogP contribution is -2.49. The molecular formula is C21H16BrF2N3O2S. The Balaban J connectivity index is 1.93. The summed E-state index contributed by atoms with van der Waals surface area (Å²) in [6.07, 6.45) is 0.961. The van der Waals surface area contributed by atoms with E-state index in [1.54, 1.807) is 35.7 Å². The molecule has 30 heavy (non-hydrogen) atoms. The molecule has 4 rings (SSSR count). The summed E-state index contributed by atoms with van der Waals surface area (Å²) in [7, 11) is 1.69. The normalized spacial score (nSPS) is 29.9. The third-order valence-corrected chi connectivity index (χ3v) is 6.75. The second-order valence-corrected chi connectivity index (χ2v) is 8.95. The number of halogens is 3. The lowest BCUT2D eigenvalue weighted by molar-refractivity contribution is -0.127. The fraction of sp³-hybridized carbons (Fsp3) is 0.286. The van der Waals surface area contributed by atoms with Crippen molar-refractivity contribution in [2.24, 2.45) is 4.99 Å². The number of rotatable bonds is 4. The molecule has 0 saturated carbocycles. The molecule has 1 aromatic carbocycles. The van der Waals surface area contributed by atoms with Crippen LogP contribution >= 0.6 is 27.7 Å². The van der Waals surface area contributed by atoms with Crippen LogP contribution in [-0.4, -0.2) is 40.7 Å². The summed E-state index contributed by atoms with van der Waals surface area (Å²) in [5, 5.41) is 9.17. The maximum absolute atomic E-state index is 14.6. The Morgan fingerprint density at radius 3 is 2.67 bits per heavy atom. The van der Waals surface area contributed by atoms with Gasteiger partial charge in [-0.25, -0.2) is 8.78 Å². The molecule has 0 N–H and O–H groups in total. The van der Waals surface area contributed by atoms with Gasteiger partial charge in [0.25, 0.3) is 0 Å². The number of nitriles is 1. The van der Waals surface area contributed by atoms with Gasteiger partial charge in [-0.2, -0.15) is 5.26 Å². The van der Waals surface area contributed by atoms with Gasteiger partial charge in [-0.05, 0) is 31.2 Å². The summed E-state index contributed by atoms with van der Waals surface area (Å²) in [5.74, 6) is -1.24. The van der Waals surface area contributed by atoms with E-state index in [1.807, 2.05) is 0 Å². The van der Waals surface area contributed by atoms with Crippen LogP contribution in [0.3, 0.4) is 0 Å². The lowest BCUT2D eigenvalue weighted by atomic mass is 9.91. The van der Waals surface area contributed by atoms with Crippen molar-refractivity contribution in [3.63, 3.8) is 0 Å². The fourth-order valence-corrected chi connectivity index (χ4v) is 5.41. The number of hydrogen-bond acceptors (Lipinski definition) is 6. The van der Waals surface area contributed by atoms with Crippen molar-refractivity contribution in [2.45, 2.75) is 30.0 Å². The zero-order valence-electron chi connectivity index (χ0n) is 16.0. The molecule has 2 heterocycles. The number of likely N-dealkylation sites (N-methyl/N-ethyl adjacent to an activating group) is 1. The Morgan fingerprint density at radius 1 is 1.33 bits per heavy atom. The first kappa shape index (κ1) is 21.0. The molecular weight excluding hydrogens is 476 g/mol. The van der Waals surface area contributed by atoms with E-state index in [-0.39, 0.29) is 5.78 Å². The van der Waals surface area contributed by atoms with Crippen LogP contribution in [0.2, 0.25) is 0 Å². The average molecular weight is 492 g/mol. The quantitative estimate of drug-likeness (QED) is 0.626. The Labute approximate surface area is 184 Å². The van der Waals surface area contributed by atoms with Crippen LogP contribution in [0, 0.1) is 17.1 Å². The minimum atomic E-state index is -1.24. The minimum Gasteiger partial charge on any atom is -0.349 e. The minimum absolute atomic E-state index is 0.298. The number of nitrogens with zero attached hydrogens (tertiary/aromatic N) is 3. The standard InChI is InChI=1S/C21H16BrF2N3O2S/c1-11(28)19-18(15-7-13(22)8-16(24)20(15)29-19)27(2)21(17(9-25)30-10-26-21)12-3-5-14(23)6-4-12/h3-8,10,17,19-20H,1-2H3. The van der Waals surface area contributed by atoms with Crippen molar-refractivity contribution in [2.75, 3.05) is 7.05 Å². The van der Waals surface area contributed by atoms with Crippen LogP contribution in [0.15, 0.2) is 63.0 Å². The third-order valence-electron chi connectivity index (χ3n) is 5.36. The molecule has 0 saturated heterocycles. The monoisotopic (exact) mass is 491 g/mol. The number of carbonyl (C=O) groups is 1. The van der Waals surface area contributed by atoms with Crippen LogP contribution in [-0.2, 0) is 15.2 Å². The number of fused-ring (bicyclic) bond motifs is 1. The Morgan fingerprint density at radius 2 is 2.03 bits per heavy atom. The second-order valence-electron chi connectivity index (χ2n) is 7.08. The van der Waals surface area contributed by atoms with Gasteiger partial charge in [-0.15, -0.1) is 0 Å². The van der Waals surface area contributed by atoms with Gasteiger partial charge in [0.05, 0.1) is 17.3 Å². The Hall–Kier alpha value is -2.28. The van der Waals surface area contributed by atoms with Gasteiger partial charge in [0.2, 0.25) is 0 Å². The van der Waals surface area contributed by atoms with E-state index in [0.29, 0.717) is 21.3 Å². The maximum Gasteiger partial charge on any atom is 0.183 e. The van der Waals surface area contributed by atoms with E-state index >= 15 is 0 Å². The highest BCUT2D eigenvalue weighted by Crippen LogP contribution is 2.48. The summed E-state index contributed by atoms with van der Waals surface area (Å²) in [4.78, 5) is 18.7. The molecule has 0 radical (unpaired) electrons. The number of allylic oxidation sites excluding steroid dienone is 2. The van der Waals surface area contributed by atoms with Gasteiger partial charge in [-0.3, -0.25) is 9.79 Å². The van der Waals surface area contributed by atoms with Crippen molar-refractivity contribution in [3.8, 4) is 6.07 Å². The third kappa shape index (κ3) is 3.14. The number of hydrogen-bond donors (Lipinski definition) is 0. The number of ether oxygens (including phenoxy) is 1. The maximum atomic E-state index is 14.6. The lowest BCUT2D eigenvalue weighted by Gasteiger charge is -2.42. The van der Waals surface area contributed by atoms with Crippen molar-refractivity contribution >= 4 is 39.0 Å². The average Bonchev–Trinajstić information content (AvgIpc) is 3.30. The molecule has 0 amide bonds. The second kappa shape index (κ2) is 7.76. The number of benzene rings is 1. The van der Waals surface area contributed by atoms with Crippen LogP contribution < -0.4 is 0 Å². The smallest absolute Gasteiger partial charge is 0.183 e. The van der Waals surface area contributed by atoms with E-state index in [0.717, 1.165) is 0 Å². The molecule has 4 unspecified atom stereocenters. The molecule has 0 bridgehead atoms. The molecule has 4 atom stereocenters. The Bertz CT molecular complexity index is 1080. The van der Waals surface area contributed by atoms with E-state index in [1.165, 1.54) is 36.9 Å². The molecule has 9 heteroatoms. The van der Waals surface area contributed by atoms with Gasteiger partial charge < -0.3 is 9.64 Å². The predicted octanol–water partition coefficient (Wildman–Crippen LogP) is 4.33. The highest BCUT2D eigenvalue weighted by molar-refractivity contribution is 9.11. The molecule has 0 spiro atoms. The van der Waals surface area contributed by atoms with Crippen LogP contribution in [0.4, 0.5) is 8.78 Å². The zero-order valence-corrected chi connectivity index (χ0v) is 18.4. The van der Waals surface area contributed by atoms with E-state index in [2.05, 4.69) is 27.0 Å². The van der Waals surface area contributed by atoms with Crippen LogP contribution in [0.1, 0.15) is 12.5 Å². The van der Waals surface area contributed by atoms with Gasteiger partial charge in [0.1, 0.15) is 23.0 Å². The van der Waals surface area contributed by atoms with Gasteiger partial charge >= 0.3 is 0 Å². The molecule has 3 aliphatic rings.